The largest absolute Gasteiger partial charge is 0.466 e. The molecular weight excluding hydrogens is 203 g/mol. The first-order valence-electron chi connectivity index (χ1n) is 4.85. The third-order valence-corrected chi connectivity index (χ3v) is 1.35. The SMILES string of the molecule is CCCC=CCCCC.O=P(O)(O)O. The van der Waals surface area contributed by atoms with E-state index in [9.17, 15) is 0 Å². The van der Waals surface area contributed by atoms with E-state index in [4.69, 9.17) is 19.2 Å². The maximum absolute atomic E-state index is 8.88. The molecule has 0 unspecified atom stereocenters. The second-order valence-corrected chi connectivity index (χ2v) is 3.94. The maximum Gasteiger partial charge on any atom is 0.466 e. The van der Waals surface area contributed by atoms with Crippen molar-refractivity contribution in [2.75, 3.05) is 0 Å². The molecule has 0 amide bonds. The van der Waals surface area contributed by atoms with Gasteiger partial charge in [-0.15, -0.1) is 0 Å². The van der Waals surface area contributed by atoms with Crippen LogP contribution in [0.5, 0.6) is 0 Å². The molecule has 0 aliphatic rings. The number of hydrogen-bond acceptors (Lipinski definition) is 1. The second-order valence-electron chi connectivity index (χ2n) is 2.92. The summed E-state index contributed by atoms with van der Waals surface area (Å²) >= 11 is 0. The molecule has 5 heteroatoms. The summed E-state index contributed by atoms with van der Waals surface area (Å²) in [5.74, 6) is 0. The molecule has 0 radical (unpaired) electrons. The summed E-state index contributed by atoms with van der Waals surface area (Å²) < 4.78 is 8.88. The van der Waals surface area contributed by atoms with Gasteiger partial charge in [-0.3, -0.25) is 0 Å². The van der Waals surface area contributed by atoms with Crippen LogP contribution in [-0.4, -0.2) is 14.7 Å². The average molecular weight is 224 g/mol. The first-order chi connectivity index (χ1) is 6.41. The number of allylic oxidation sites excluding steroid dienone is 2. The zero-order valence-electron chi connectivity index (χ0n) is 8.89. The van der Waals surface area contributed by atoms with Crippen molar-refractivity contribution in [3.63, 3.8) is 0 Å². The molecular formula is C9H21O4P. The van der Waals surface area contributed by atoms with E-state index in [2.05, 4.69) is 26.0 Å². The molecule has 0 aliphatic carbocycles. The Kier molecular flexibility index (Phi) is 12.7. The molecule has 14 heavy (non-hydrogen) atoms. The molecule has 0 spiro atoms. The van der Waals surface area contributed by atoms with Gasteiger partial charge in [-0.2, -0.15) is 0 Å². The molecule has 0 aromatic carbocycles. The Morgan fingerprint density at radius 3 is 1.79 bits per heavy atom. The highest BCUT2D eigenvalue weighted by Crippen LogP contribution is 2.25. The van der Waals surface area contributed by atoms with Crippen molar-refractivity contribution in [2.24, 2.45) is 0 Å². The van der Waals surface area contributed by atoms with Crippen molar-refractivity contribution in [3.8, 4) is 0 Å². The topological polar surface area (TPSA) is 77.8 Å². The Labute approximate surface area is 85.9 Å². The van der Waals surface area contributed by atoms with Crippen LogP contribution in [-0.2, 0) is 4.57 Å². The van der Waals surface area contributed by atoms with Crippen molar-refractivity contribution in [1.29, 1.82) is 0 Å². The molecule has 0 aliphatic heterocycles. The maximum atomic E-state index is 8.88. The Morgan fingerprint density at radius 2 is 1.43 bits per heavy atom. The van der Waals surface area contributed by atoms with Gasteiger partial charge in [0.2, 0.25) is 0 Å². The minimum atomic E-state index is -4.64. The molecule has 0 saturated heterocycles. The van der Waals surface area contributed by atoms with Crippen LogP contribution < -0.4 is 0 Å². The van der Waals surface area contributed by atoms with Crippen molar-refractivity contribution in [2.45, 2.75) is 46.0 Å². The van der Waals surface area contributed by atoms with E-state index < -0.39 is 7.82 Å². The van der Waals surface area contributed by atoms with Crippen molar-refractivity contribution in [1.82, 2.24) is 0 Å². The Morgan fingerprint density at radius 1 is 1.00 bits per heavy atom. The first kappa shape index (κ1) is 16.3. The number of phosphoric acid groups is 1. The van der Waals surface area contributed by atoms with Gasteiger partial charge in [-0.05, 0) is 12.8 Å². The number of unbranched alkanes of at least 4 members (excludes halogenated alkanes) is 3. The van der Waals surface area contributed by atoms with Gasteiger partial charge in [0, 0.05) is 0 Å². The third-order valence-electron chi connectivity index (χ3n) is 1.35. The summed E-state index contributed by atoms with van der Waals surface area (Å²) in [7, 11) is -4.64. The van der Waals surface area contributed by atoms with Gasteiger partial charge in [0.05, 0.1) is 0 Å². The lowest BCUT2D eigenvalue weighted by Gasteiger charge is -1.87. The lowest BCUT2D eigenvalue weighted by Crippen LogP contribution is -1.66. The normalized spacial score (nSPS) is 11.2. The van der Waals surface area contributed by atoms with E-state index in [-0.39, 0.29) is 0 Å². The van der Waals surface area contributed by atoms with Crippen LogP contribution in [0.1, 0.15) is 46.0 Å². The predicted octanol–water partition coefficient (Wildman–Crippen LogP) is 2.60. The Bertz CT molecular complexity index is 165. The van der Waals surface area contributed by atoms with Crippen LogP contribution >= 0.6 is 7.82 Å². The van der Waals surface area contributed by atoms with Gasteiger partial charge in [0.25, 0.3) is 0 Å². The average Bonchev–Trinajstić information content (AvgIpc) is 2.01. The van der Waals surface area contributed by atoms with E-state index in [1.54, 1.807) is 0 Å². The molecule has 0 aromatic heterocycles. The van der Waals surface area contributed by atoms with Gasteiger partial charge in [-0.25, -0.2) is 4.57 Å². The van der Waals surface area contributed by atoms with Crippen LogP contribution in [0.4, 0.5) is 0 Å². The zero-order chi connectivity index (χ0) is 11.4. The summed E-state index contributed by atoms with van der Waals surface area (Å²) in [6.07, 6.45) is 11.1. The lowest BCUT2D eigenvalue weighted by atomic mass is 10.2. The van der Waals surface area contributed by atoms with Gasteiger partial charge in [0.1, 0.15) is 0 Å². The summed E-state index contributed by atoms with van der Waals surface area (Å²) in [6.45, 7) is 4.44. The van der Waals surface area contributed by atoms with Gasteiger partial charge in [-0.1, -0.05) is 45.3 Å². The predicted molar refractivity (Wildman–Crippen MR) is 57.8 cm³/mol. The molecule has 0 saturated carbocycles. The number of hydrogen-bond donors (Lipinski definition) is 3. The van der Waals surface area contributed by atoms with Crippen LogP contribution in [0, 0.1) is 0 Å². The summed E-state index contributed by atoms with van der Waals surface area (Å²) in [5, 5.41) is 0. The Hall–Kier alpha value is -0.150. The van der Waals surface area contributed by atoms with E-state index in [1.165, 1.54) is 32.1 Å². The van der Waals surface area contributed by atoms with Crippen LogP contribution in [0.2, 0.25) is 0 Å². The molecule has 4 nitrogen and oxygen atoms in total. The van der Waals surface area contributed by atoms with Crippen molar-refractivity contribution >= 4 is 7.82 Å². The molecule has 0 fully saturated rings. The monoisotopic (exact) mass is 224 g/mol. The fraction of sp³-hybridized carbons (Fsp3) is 0.778. The smallest absolute Gasteiger partial charge is 0.303 e. The molecule has 86 valence electrons. The van der Waals surface area contributed by atoms with E-state index in [0.29, 0.717) is 0 Å². The minimum Gasteiger partial charge on any atom is -0.303 e. The third kappa shape index (κ3) is 40.8. The fourth-order valence-corrected chi connectivity index (χ4v) is 0.724. The second kappa shape index (κ2) is 10.9. The van der Waals surface area contributed by atoms with Gasteiger partial charge >= 0.3 is 7.82 Å². The quantitative estimate of drug-likeness (QED) is 0.381. The molecule has 3 N–H and O–H groups in total. The van der Waals surface area contributed by atoms with Gasteiger partial charge < -0.3 is 14.7 Å². The van der Waals surface area contributed by atoms with E-state index in [0.717, 1.165) is 0 Å². The summed E-state index contributed by atoms with van der Waals surface area (Å²) in [4.78, 5) is 21.6. The highest BCUT2D eigenvalue weighted by Gasteiger charge is 2.00. The number of rotatable bonds is 5. The molecule has 0 bridgehead atoms. The molecule has 0 heterocycles. The first-order valence-corrected chi connectivity index (χ1v) is 6.41. The Balaban J connectivity index is 0. The van der Waals surface area contributed by atoms with Crippen molar-refractivity contribution in [3.05, 3.63) is 12.2 Å². The molecule has 0 atom stereocenters. The highest BCUT2D eigenvalue weighted by atomic mass is 31.2. The standard InChI is InChI=1S/C9H18.H3O4P/c1-3-5-7-9-8-6-4-2;1-5(2,3)4/h7,9H,3-6,8H2,1-2H3;(H3,1,2,3,4). The summed E-state index contributed by atoms with van der Waals surface area (Å²) in [6, 6.07) is 0. The minimum absolute atomic E-state index is 1.25. The van der Waals surface area contributed by atoms with Crippen molar-refractivity contribution < 1.29 is 19.2 Å². The molecule has 0 aromatic rings. The fourth-order valence-electron chi connectivity index (χ4n) is 0.724. The van der Waals surface area contributed by atoms with E-state index >= 15 is 0 Å². The van der Waals surface area contributed by atoms with Crippen LogP contribution in [0.3, 0.4) is 0 Å². The summed E-state index contributed by atoms with van der Waals surface area (Å²) in [5.41, 5.74) is 0. The van der Waals surface area contributed by atoms with Crippen LogP contribution in [0.15, 0.2) is 12.2 Å². The van der Waals surface area contributed by atoms with E-state index in [1.807, 2.05) is 0 Å². The molecule has 0 rings (SSSR count). The highest BCUT2D eigenvalue weighted by molar-refractivity contribution is 7.45. The lowest BCUT2D eigenvalue weighted by molar-refractivity contribution is 0.275. The van der Waals surface area contributed by atoms with Gasteiger partial charge in [0.15, 0.2) is 0 Å². The zero-order valence-corrected chi connectivity index (χ0v) is 9.78. The van der Waals surface area contributed by atoms with Crippen LogP contribution in [0.25, 0.3) is 0 Å².